The minimum absolute atomic E-state index is 0.0163. The van der Waals surface area contributed by atoms with Crippen LogP contribution < -0.4 is 9.80 Å². The highest BCUT2D eigenvalue weighted by Gasteiger charge is 2.67. The molecule has 1 fully saturated rings. The number of rotatable bonds is 6. The van der Waals surface area contributed by atoms with Gasteiger partial charge in [0, 0.05) is 45.0 Å². The van der Waals surface area contributed by atoms with Gasteiger partial charge in [-0.3, -0.25) is 0 Å². The fourth-order valence-electron chi connectivity index (χ4n) is 11.1. The van der Waals surface area contributed by atoms with Crippen molar-refractivity contribution in [3.63, 3.8) is 0 Å². The molecule has 0 heterocycles. The molecule has 8 rings (SSSR count). The Kier molecular flexibility index (Phi) is 7.56. The molecule has 0 aromatic heterocycles. The normalized spacial score (nSPS) is 26.6. The summed E-state index contributed by atoms with van der Waals surface area (Å²) in [6.45, 7) is 10.6. The van der Waals surface area contributed by atoms with Crippen LogP contribution in [0.5, 0.6) is 0 Å². The Morgan fingerprint density at radius 2 is 1.39 bits per heavy atom. The minimum Gasteiger partial charge on any atom is -0.378 e. The number of hydrogen-bond donors (Lipinski definition) is 0. The summed E-state index contributed by atoms with van der Waals surface area (Å²) in [6, 6.07) is 28.7. The zero-order valence-corrected chi connectivity index (χ0v) is 31.0. The summed E-state index contributed by atoms with van der Waals surface area (Å²) in [6.07, 6.45) is 17.9. The molecule has 3 aromatic carbocycles. The van der Waals surface area contributed by atoms with E-state index < -0.39 is 0 Å². The van der Waals surface area contributed by atoms with Crippen molar-refractivity contribution in [1.82, 2.24) is 0 Å². The number of benzene rings is 3. The van der Waals surface area contributed by atoms with Crippen molar-refractivity contribution in [1.29, 1.82) is 0 Å². The minimum atomic E-state index is -0.382. The van der Waals surface area contributed by atoms with Gasteiger partial charge >= 0.3 is 0 Å². The Hall–Kier alpha value is -4.04. The van der Waals surface area contributed by atoms with E-state index >= 15 is 0 Å². The largest absolute Gasteiger partial charge is 0.378 e. The van der Waals surface area contributed by atoms with E-state index in [1.807, 2.05) is 0 Å². The monoisotopic (exact) mass is 646 g/mol. The van der Waals surface area contributed by atoms with Gasteiger partial charge in [0.25, 0.3) is 0 Å². The Balaban J connectivity index is 1.53. The first-order valence-electron chi connectivity index (χ1n) is 18.7. The molecule has 49 heavy (non-hydrogen) atoms. The van der Waals surface area contributed by atoms with Crippen molar-refractivity contribution in [3.8, 4) is 0 Å². The third-order valence-corrected chi connectivity index (χ3v) is 14.1. The average Bonchev–Trinajstić information content (AvgIpc) is 3.77. The van der Waals surface area contributed by atoms with Crippen LogP contribution in [0.1, 0.15) is 75.6 Å². The topological polar surface area (TPSA) is 6.48 Å². The Labute approximate surface area is 295 Å². The molecule has 5 aliphatic rings. The van der Waals surface area contributed by atoms with E-state index in [1.165, 1.54) is 58.5 Å². The van der Waals surface area contributed by atoms with E-state index in [4.69, 9.17) is 0 Å². The molecule has 0 amide bonds. The zero-order chi connectivity index (χ0) is 34.3. The smallest absolute Gasteiger partial charge is 0.0513 e. The first-order valence-corrected chi connectivity index (χ1v) is 18.7. The Morgan fingerprint density at radius 1 is 0.755 bits per heavy atom. The van der Waals surface area contributed by atoms with Gasteiger partial charge in [-0.15, -0.1) is 0 Å². The quantitative estimate of drug-likeness (QED) is 0.263. The molecule has 0 bridgehead atoms. The number of nitrogens with zero attached hydrogens (tertiary/aromatic N) is 2. The first-order chi connectivity index (χ1) is 23.5. The lowest BCUT2D eigenvalue weighted by Gasteiger charge is -2.67. The van der Waals surface area contributed by atoms with Crippen LogP contribution in [-0.2, 0) is 11.8 Å². The molecule has 0 saturated heterocycles. The van der Waals surface area contributed by atoms with Crippen molar-refractivity contribution in [2.75, 3.05) is 38.0 Å². The van der Waals surface area contributed by atoms with Crippen molar-refractivity contribution >= 4 is 16.9 Å². The second kappa shape index (κ2) is 11.5. The van der Waals surface area contributed by atoms with Crippen LogP contribution in [0.4, 0.5) is 11.4 Å². The fraction of sp³-hybridized carbons (Fsp3) is 0.404. The molecule has 0 aliphatic heterocycles. The molecule has 0 radical (unpaired) electrons. The maximum absolute atomic E-state index is 2.72. The van der Waals surface area contributed by atoms with Crippen molar-refractivity contribution < 1.29 is 0 Å². The highest BCUT2D eigenvalue weighted by atomic mass is 15.1. The van der Waals surface area contributed by atoms with Gasteiger partial charge in [-0.05, 0) is 119 Å². The van der Waals surface area contributed by atoms with Crippen LogP contribution >= 0.6 is 0 Å². The fourth-order valence-corrected chi connectivity index (χ4v) is 11.1. The lowest BCUT2D eigenvalue weighted by atomic mass is 9.36. The third kappa shape index (κ3) is 4.38. The molecule has 0 spiro atoms. The summed E-state index contributed by atoms with van der Waals surface area (Å²) in [5.74, 6) is 1.63. The van der Waals surface area contributed by atoms with Gasteiger partial charge in [0.1, 0.15) is 0 Å². The highest BCUT2D eigenvalue weighted by molar-refractivity contribution is 5.92. The van der Waals surface area contributed by atoms with E-state index in [2.05, 4.69) is 169 Å². The second-order valence-electron chi connectivity index (χ2n) is 16.7. The number of fused-ring (bicyclic) bond motifs is 6. The van der Waals surface area contributed by atoms with Crippen LogP contribution in [0.25, 0.3) is 5.57 Å². The number of allylic oxidation sites excluding steroid dienone is 10. The molecule has 2 heteroatoms. The standard InChI is InChI=1S/C47H54N2/c1-31-29-41-39-19-13-14-20-40(39)43-38-18-12-9-15-32(38)30-42(43)44(41)46(4,45(31,2)3)47(33-16-10-11-17-33,34-21-25-36(26-22-34)48(5)6)35-23-27-37(28-24-35)49(7)8/h9-12,14-16,18,20-28,31,39,41H,13,17,19,29-30H2,1-8H3. The zero-order valence-electron chi connectivity index (χ0n) is 31.0. The predicted octanol–water partition coefficient (Wildman–Crippen LogP) is 11.0. The third-order valence-electron chi connectivity index (χ3n) is 14.1. The molecule has 1 saturated carbocycles. The van der Waals surface area contributed by atoms with Crippen molar-refractivity contribution in [2.45, 2.75) is 65.2 Å². The maximum atomic E-state index is 2.72. The van der Waals surface area contributed by atoms with Gasteiger partial charge in [0.2, 0.25) is 0 Å². The summed E-state index contributed by atoms with van der Waals surface area (Å²) >= 11 is 0. The molecule has 4 atom stereocenters. The number of hydrogen-bond acceptors (Lipinski definition) is 2. The summed E-state index contributed by atoms with van der Waals surface area (Å²) in [5, 5.41) is 0. The lowest BCUT2D eigenvalue weighted by molar-refractivity contribution is -0.0368. The molecular formula is C47H54N2. The van der Waals surface area contributed by atoms with Gasteiger partial charge in [0.05, 0.1) is 5.41 Å². The molecule has 0 N–H and O–H groups in total. The lowest BCUT2D eigenvalue weighted by Crippen LogP contribution is -2.62. The van der Waals surface area contributed by atoms with E-state index in [0.717, 1.165) is 12.8 Å². The van der Waals surface area contributed by atoms with Crippen LogP contribution in [0.3, 0.4) is 0 Å². The molecule has 252 valence electrons. The molecule has 2 nitrogen and oxygen atoms in total. The summed E-state index contributed by atoms with van der Waals surface area (Å²) in [7, 11) is 8.61. The molecule has 3 aromatic rings. The maximum Gasteiger partial charge on any atom is 0.0513 e. The number of anilines is 2. The predicted molar refractivity (Wildman–Crippen MR) is 209 cm³/mol. The van der Waals surface area contributed by atoms with Crippen LogP contribution in [0, 0.1) is 28.6 Å². The van der Waals surface area contributed by atoms with Gasteiger partial charge < -0.3 is 9.80 Å². The van der Waals surface area contributed by atoms with Crippen LogP contribution in [-0.4, -0.2) is 28.2 Å². The Morgan fingerprint density at radius 3 is 1.98 bits per heavy atom. The van der Waals surface area contributed by atoms with Gasteiger partial charge in [0.15, 0.2) is 0 Å². The first kappa shape index (κ1) is 32.2. The molecular weight excluding hydrogens is 593 g/mol. The van der Waals surface area contributed by atoms with Crippen LogP contribution in [0.2, 0.25) is 0 Å². The van der Waals surface area contributed by atoms with Crippen molar-refractivity contribution in [2.24, 2.45) is 28.6 Å². The van der Waals surface area contributed by atoms with E-state index in [-0.39, 0.29) is 16.2 Å². The molecule has 4 unspecified atom stereocenters. The summed E-state index contributed by atoms with van der Waals surface area (Å²) in [4.78, 5) is 4.46. The van der Waals surface area contributed by atoms with Gasteiger partial charge in [-0.2, -0.15) is 0 Å². The van der Waals surface area contributed by atoms with Crippen LogP contribution in [0.15, 0.2) is 125 Å². The SMILES string of the molecule is CC1CC2C(=C3Cc4ccccc4C3=C3C=CCCC32)C(C)(C(C2=CC=CC2)(c2ccc(N(C)C)cc2)c2ccc(N(C)C)cc2)C1(C)C. The molecule has 5 aliphatic carbocycles. The summed E-state index contributed by atoms with van der Waals surface area (Å²) < 4.78 is 0. The summed E-state index contributed by atoms with van der Waals surface area (Å²) in [5.41, 5.74) is 15.8. The van der Waals surface area contributed by atoms with E-state index in [9.17, 15) is 0 Å². The van der Waals surface area contributed by atoms with E-state index in [0.29, 0.717) is 17.8 Å². The highest BCUT2D eigenvalue weighted by Crippen LogP contribution is 2.74. The average molecular weight is 647 g/mol. The van der Waals surface area contributed by atoms with E-state index in [1.54, 1.807) is 22.3 Å². The van der Waals surface area contributed by atoms with Gasteiger partial charge in [-0.25, -0.2) is 0 Å². The second-order valence-corrected chi connectivity index (χ2v) is 16.7. The van der Waals surface area contributed by atoms with Crippen molar-refractivity contribution in [3.05, 3.63) is 148 Å². The van der Waals surface area contributed by atoms with Gasteiger partial charge in [-0.1, -0.05) is 118 Å². The Bertz CT molecular complexity index is 1890.